The van der Waals surface area contributed by atoms with Crippen molar-refractivity contribution in [1.29, 1.82) is 0 Å². The van der Waals surface area contributed by atoms with Gasteiger partial charge in [0, 0.05) is 30.0 Å². The number of carbonyl (C=O) groups is 1. The van der Waals surface area contributed by atoms with Crippen molar-refractivity contribution in [1.82, 2.24) is 5.32 Å². The first-order valence-electron chi connectivity index (χ1n) is 7.78. The summed E-state index contributed by atoms with van der Waals surface area (Å²) in [6.07, 6.45) is 1.96. The molecule has 2 rings (SSSR count). The van der Waals surface area contributed by atoms with E-state index in [1.165, 1.54) is 5.56 Å². The molecule has 1 aliphatic rings. The normalized spacial score (nSPS) is 17.8. The highest BCUT2D eigenvalue weighted by atomic mass is 16.5. The first-order valence-corrected chi connectivity index (χ1v) is 7.78. The molecule has 1 heterocycles. The summed E-state index contributed by atoms with van der Waals surface area (Å²) in [5.41, 5.74) is 2.16. The molecule has 0 saturated carbocycles. The molecule has 1 aromatic rings. The Kier molecular flexibility index (Phi) is 5.10. The van der Waals surface area contributed by atoms with Gasteiger partial charge in [-0.3, -0.25) is 4.79 Å². The van der Waals surface area contributed by atoms with Gasteiger partial charge in [-0.25, -0.2) is 0 Å². The van der Waals surface area contributed by atoms with Crippen LogP contribution in [-0.4, -0.2) is 18.6 Å². The molecule has 1 aliphatic heterocycles. The van der Waals surface area contributed by atoms with Crippen LogP contribution in [0.1, 0.15) is 45.2 Å². The monoisotopic (exact) mass is 291 g/mol. The molecule has 0 fully saturated rings. The molecule has 116 valence electrons. The Hall–Kier alpha value is -1.71. The van der Waals surface area contributed by atoms with Crippen LogP contribution < -0.4 is 14.8 Å². The number of rotatable bonds is 6. The first kappa shape index (κ1) is 15.7. The number of hydrogen-bond acceptors (Lipinski definition) is 3. The third kappa shape index (κ3) is 3.69. The van der Waals surface area contributed by atoms with Gasteiger partial charge in [-0.2, -0.15) is 0 Å². The maximum atomic E-state index is 11.9. The fraction of sp³-hybridized carbons (Fsp3) is 0.588. The van der Waals surface area contributed by atoms with Crippen LogP contribution in [0.3, 0.4) is 0 Å². The highest BCUT2D eigenvalue weighted by Gasteiger charge is 2.22. The molecule has 1 N–H and O–H groups in total. The Morgan fingerprint density at radius 1 is 1.48 bits per heavy atom. The van der Waals surface area contributed by atoms with Crippen molar-refractivity contribution >= 4 is 5.91 Å². The number of carbonyl (C=O) groups excluding carboxylic acids is 1. The lowest BCUT2D eigenvalue weighted by Crippen LogP contribution is -2.28. The molecule has 0 bridgehead atoms. The van der Waals surface area contributed by atoms with Crippen molar-refractivity contribution in [3.8, 4) is 11.5 Å². The van der Waals surface area contributed by atoms with Gasteiger partial charge in [0.25, 0.3) is 0 Å². The fourth-order valence-electron chi connectivity index (χ4n) is 2.45. The second kappa shape index (κ2) is 6.83. The van der Waals surface area contributed by atoms with Gasteiger partial charge in [0.15, 0.2) is 0 Å². The first-order chi connectivity index (χ1) is 10.0. The van der Waals surface area contributed by atoms with Crippen LogP contribution in [0.15, 0.2) is 12.1 Å². The molecule has 0 unspecified atom stereocenters. The molecule has 0 aromatic heterocycles. The van der Waals surface area contributed by atoms with Crippen LogP contribution in [0.5, 0.6) is 11.5 Å². The van der Waals surface area contributed by atoms with E-state index in [4.69, 9.17) is 9.47 Å². The molecule has 1 amide bonds. The SMILES string of the molecule is CCOc1cc2c(cc1CNC(=O)[C@@H](C)CC)O[C@H](C)C2. The molecule has 0 aliphatic carbocycles. The van der Waals surface area contributed by atoms with Gasteiger partial charge in [0.1, 0.15) is 17.6 Å². The van der Waals surface area contributed by atoms with E-state index < -0.39 is 0 Å². The predicted molar refractivity (Wildman–Crippen MR) is 82.7 cm³/mol. The van der Waals surface area contributed by atoms with Gasteiger partial charge in [-0.05, 0) is 32.4 Å². The van der Waals surface area contributed by atoms with Gasteiger partial charge in [-0.15, -0.1) is 0 Å². The van der Waals surface area contributed by atoms with Gasteiger partial charge >= 0.3 is 0 Å². The number of ether oxygens (including phenoxy) is 2. The average Bonchev–Trinajstić information content (AvgIpc) is 2.82. The molecule has 1 aromatic carbocycles. The number of hydrogen-bond donors (Lipinski definition) is 1. The molecule has 2 atom stereocenters. The zero-order valence-electron chi connectivity index (χ0n) is 13.4. The minimum absolute atomic E-state index is 0.0336. The van der Waals surface area contributed by atoms with Crippen LogP contribution in [0.4, 0.5) is 0 Å². The second-order valence-corrected chi connectivity index (χ2v) is 5.66. The Labute approximate surface area is 126 Å². The Morgan fingerprint density at radius 3 is 2.90 bits per heavy atom. The Morgan fingerprint density at radius 2 is 2.24 bits per heavy atom. The van der Waals surface area contributed by atoms with Gasteiger partial charge in [-0.1, -0.05) is 13.8 Å². The zero-order chi connectivity index (χ0) is 15.4. The van der Waals surface area contributed by atoms with Crippen LogP contribution in [-0.2, 0) is 17.8 Å². The molecule has 0 saturated heterocycles. The predicted octanol–water partition coefficient (Wildman–Crippen LogP) is 3.07. The number of fused-ring (bicyclic) bond motifs is 1. The van der Waals surface area contributed by atoms with Gasteiger partial charge in [0.05, 0.1) is 6.61 Å². The number of benzene rings is 1. The molecular weight excluding hydrogens is 266 g/mol. The van der Waals surface area contributed by atoms with Crippen molar-refractivity contribution < 1.29 is 14.3 Å². The van der Waals surface area contributed by atoms with Gasteiger partial charge < -0.3 is 14.8 Å². The van der Waals surface area contributed by atoms with E-state index >= 15 is 0 Å². The summed E-state index contributed by atoms with van der Waals surface area (Å²) < 4.78 is 11.5. The van der Waals surface area contributed by atoms with Crippen molar-refractivity contribution in [2.75, 3.05) is 6.61 Å². The van der Waals surface area contributed by atoms with Crippen LogP contribution in [0.2, 0.25) is 0 Å². The molecule has 0 spiro atoms. The lowest BCUT2D eigenvalue weighted by molar-refractivity contribution is -0.124. The Balaban J connectivity index is 2.14. The van der Waals surface area contributed by atoms with E-state index in [1.54, 1.807) is 0 Å². The highest BCUT2D eigenvalue weighted by Crippen LogP contribution is 2.35. The minimum Gasteiger partial charge on any atom is -0.494 e. The van der Waals surface area contributed by atoms with E-state index in [9.17, 15) is 4.79 Å². The third-order valence-electron chi connectivity index (χ3n) is 3.89. The van der Waals surface area contributed by atoms with Gasteiger partial charge in [0.2, 0.25) is 5.91 Å². The number of amides is 1. The summed E-state index contributed by atoms with van der Waals surface area (Å²) in [4.78, 5) is 11.9. The van der Waals surface area contributed by atoms with E-state index in [-0.39, 0.29) is 17.9 Å². The maximum absolute atomic E-state index is 11.9. The second-order valence-electron chi connectivity index (χ2n) is 5.66. The smallest absolute Gasteiger partial charge is 0.223 e. The Bertz CT molecular complexity index is 513. The summed E-state index contributed by atoms with van der Waals surface area (Å²) in [7, 11) is 0. The third-order valence-corrected chi connectivity index (χ3v) is 3.89. The van der Waals surface area contributed by atoms with Crippen molar-refractivity contribution in [2.45, 2.75) is 53.2 Å². The molecule has 0 radical (unpaired) electrons. The maximum Gasteiger partial charge on any atom is 0.223 e. The molecule has 4 nitrogen and oxygen atoms in total. The largest absolute Gasteiger partial charge is 0.494 e. The quantitative estimate of drug-likeness (QED) is 0.876. The number of nitrogens with one attached hydrogen (secondary N) is 1. The van der Waals surface area contributed by atoms with Crippen molar-refractivity contribution in [3.05, 3.63) is 23.3 Å². The highest BCUT2D eigenvalue weighted by molar-refractivity contribution is 5.78. The van der Waals surface area contributed by atoms with Crippen LogP contribution in [0, 0.1) is 5.92 Å². The standard InChI is InChI=1S/C17H25NO3/c1-5-11(3)17(19)18-10-14-9-16-13(7-12(4)21-16)8-15(14)20-6-2/h8-9,11-12H,5-7,10H2,1-4H3,(H,18,19)/t11-,12+/m0/s1. The van der Waals surface area contributed by atoms with E-state index in [0.717, 1.165) is 29.9 Å². The molecular formula is C17H25NO3. The lowest BCUT2D eigenvalue weighted by Gasteiger charge is -2.15. The minimum atomic E-state index is 0.0336. The van der Waals surface area contributed by atoms with Crippen LogP contribution in [0.25, 0.3) is 0 Å². The van der Waals surface area contributed by atoms with E-state index in [1.807, 2.05) is 32.9 Å². The summed E-state index contributed by atoms with van der Waals surface area (Å²) in [6.45, 7) is 9.07. The topological polar surface area (TPSA) is 47.6 Å². The van der Waals surface area contributed by atoms with E-state index in [0.29, 0.717) is 13.2 Å². The van der Waals surface area contributed by atoms with Crippen molar-refractivity contribution in [3.63, 3.8) is 0 Å². The molecule has 21 heavy (non-hydrogen) atoms. The average molecular weight is 291 g/mol. The zero-order valence-corrected chi connectivity index (χ0v) is 13.4. The summed E-state index contributed by atoms with van der Waals surface area (Å²) in [6, 6.07) is 4.05. The van der Waals surface area contributed by atoms with Crippen LogP contribution >= 0.6 is 0 Å². The van der Waals surface area contributed by atoms with E-state index in [2.05, 4.69) is 12.2 Å². The lowest BCUT2D eigenvalue weighted by atomic mass is 10.1. The summed E-state index contributed by atoms with van der Waals surface area (Å²) >= 11 is 0. The van der Waals surface area contributed by atoms with Crippen molar-refractivity contribution in [2.24, 2.45) is 5.92 Å². The fourth-order valence-corrected chi connectivity index (χ4v) is 2.45. The summed E-state index contributed by atoms with van der Waals surface area (Å²) in [5.74, 6) is 1.87. The summed E-state index contributed by atoms with van der Waals surface area (Å²) in [5, 5.41) is 2.98. The molecule has 4 heteroatoms.